The average molecular weight is 277 g/mol. The topological polar surface area (TPSA) is 53.1 Å². The summed E-state index contributed by atoms with van der Waals surface area (Å²) < 4.78 is 5.27. The molecule has 2 rings (SSSR count). The summed E-state index contributed by atoms with van der Waals surface area (Å²) in [7, 11) is 4.94. The normalized spacial score (nSPS) is 14.7. The highest BCUT2D eigenvalue weighted by atomic mass is 16.5. The van der Waals surface area contributed by atoms with E-state index in [9.17, 15) is 9.59 Å². The molecule has 1 heterocycles. The summed E-state index contributed by atoms with van der Waals surface area (Å²) in [5, 5.41) is 0. The highest BCUT2D eigenvalue weighted by Gasteiger charge is 2.32. The third-order valence-corrected chi connectivity index (χ3v) is 3.30. The van der Waals surface area contributed by atoms with Crippen LogP contribution in [0.15, 0.2) is 24.3 Å². The molecule has 6 heteroatoms. The maximum atomic E-state index is 12.4. The molecule has 0 aliphatic carbocycles. The first-order valence-corrected chi connectivity index (χ1v) is 6.44. The highest BCUT2D eigenvalue weighted by Crippen LogP contribution is 2.30. The van der Waals surface area contributed by atoms with Gasteiger partial charge < -0.3 is 14.5 Å². The van der Waals surface area contributed by atoms with Crippen molar-refractivity contribution in [2.45, 2.75) is 0 Å². The molecule has 0 atom stereocenters. The molecule has 0 unspecified atom stereocenters. The zero-order valence-electron chi connectivity index (χ0n) is 12.0. The molecule has 0 radical (unpaired) electrons. The van der Waals surface area contributed by atoms with Crippen LogP contribution in [0.5, 0.6) is 5.75 Å². The first kappa shape index (κ1) is 14.2. The summed E-state index contributed by atoms with van der Waals surface area (Å²) in [4.78, 5) is 28.7. The summed E-state index contributed by atoms with van der Waals surface area (Å²) in [6, 6.07) is 7.21. The Balaban J connectivity index is 2.13. The van der Waals surface area contributed by atoms with Crippen molar-refractivity contribution in [3.8, 4) is 5.75 Å². The summed E-state index contributed by atoms with van der Waals surface area (Å²) in [6.45, 7) is 1.20. The number of urea groups is 1. The summed E-state index contributed by atoms with van der Waals surface area (Å²) in [5.74, 6) is 0.571. The smallest absolute Gasteiger partial charge is 0.325 e. The molecule has 0 bridgehead atoms. The molecule has 0 saturated carbocycles. The van der Waals surface area contributed by atoms with Gasteiger partial charge in [-0.3, -0.25) is 9.69 Å². The number of benzene rings is 1. The predicted molar refractivity (Wildman–Crippen MR) is 76.0 cm³/mol. The van der Waals surface area contributed by atoms with E-state index >= 15 is 0 Å². The standard InChI is InChI=1S/C14H19N3O3/c1-15(2)13(18)10-16-8-9-17(14(16)19)11-6-4-5-7-12(11)20-3/h4-7H,8-10H2,1-3H3. The number of ether oxygens (including phenoxy) is 1. The Hall–Kier alpha value is -2.24. The second kappa shape index (κ2) is 5.81. The minimum Gasteiger partial charge on any atom is -0.495 e. The molecule has 1 aliphatic rings. The third-order valence-electron chi connectivity index (χ3n) is 3.30. The van der Waals surface area contributed by atoms with Crippen LogP contribution < -0.4 is 9.64 Å². The lowest BCUT2D eigenvalue weighted by Crippen LogP contribution is -2.39. The van der Waals surface area contributed by atoms with Crippen LogP contribution in [0.25, 0.3) is 0 Å². The minimum atomic E-state index is -0.162. The Labute approximate surface area is 118 Å². The lowest BCUT2D eigenvalue weighted by Gasteiger charge is -2.21. The van der Waals surface area contributed by atoms with Crippen molar-refractivity contribution in [1.82, 2.24) is 9.80 Å². The molecule has 1 fully saturated rings. The first-order chi connectivity index (χ1) is 9.54. The van der Waals surface area contributed by atoms with Crippen LogP contribution in [0.1, 0.15) is 0 Å². The van der Waals surface area contributed by atoms with Crippen molar-refractivity contribution < 1.29 is 14.3 Å². The van der Waals surface area contributed by atoms with Crippen LogP contribution in [0.2, 0.25) is 0 Å². The second-order valence-electron chi connectivity index (χ2n) is 4.82. The van der Waals surface area contributed by atoms with Crippen molar-refractivity contribution in [3.05, 3.63) is 24.3 Å². The van der Waals surface area contributed by atoms with Crippen molar-refractivity contribution in [1.29, 1.82) is 0 Å². The van der Waals surface area contributed by atoms with Crippen molar-refractivity contribution >= 4 is 17.6 Å². The number of hydrogen-bond donors (Lipinski definition) is 0. The van der Waals surface area contributed by atoms with Gasteiger partial charge in [-0.2, -0.15) is 0 Å². The van der Waals surface area contributed by atoms with E-state index in [-0.39, 0.29) is 18.5 Å². The predicted octanol–water partition coefficient (Wildman–Crippen LogP) is 1.03. The summed E-state index contributed by atoms with van der Waals surface area (Å²) in [6.07, 6.45) is 0. The minimum absolute atomic E-state index is 0.0831. The van der Waals surface area contributed by atoms with Gasteiger partial charge in [-0.1, -0.05) is 12.1 Å². The molecule has 6 nitrogen and oxygen atoms in total. The Morgan fingerprint density at radius 1 is 1.30 bits per heavy atom. The van der Waals surface area contributed by atoms with Crippen LogP contribution >= 0.6 is 0 Å². The molecule has 20 heavy (non-hydrogen) atoms. The molecule has 0 spiro atoms. The number of likely N-dealkylation sites (N-methyl/N-ethyl adjacent to an activating group) is 1. The van der Waals surface area contributed by atoms with Crippen LogP contribution in [0, 0.1) is 0 Å². The monoisotopic (exact) mass is 277 g/mol. The molecule has 0 N–H and O–H groups in total. The number of amides is 3. The Morgan fingerprint density at radius 2 is 2.00 bits per heavy atom. The molecule has 1 aromatic rings. The van der Waals surface area contributed by atoms with Gasteiger partial charge in [-0.15, -0.1) is 0 Å². The molecule has 3 amide bonds. The van der Waals surface area contributed by atoms with Gasteiger partial charge in [0.2, 0.25) is 5.91 Å². The van der Waals surface area contributed by atoms with Crippen LogP contribution in [0.3, 0.4) is 0 Å². The number of hydrogen-bond acceptors (Lipinski definition) is 3. The van der Waals surface area contributed by atoms with Crippen LogP contribution in [0.4, 0.5) is 10.5 Å². The third kappa shape index (κ3) is 2.68. The van der Waals surface area contributed by atoms with E-state index in [1.165, 1.54) is 4.90 Å². The van der Waals surface area contributed by atoms with Crippen molar-refractivity contribution in [2.75, 3.05) is 45.7 Å². The lowest BCUT2D eigenvalue weighted by molar-refractivity contribution is -0.129. The molecule has 1 saturated heterocycles. The van der Waals surface area contributed by atoms with E-state index in [4.69, 9.17) is 4.74 Å². The van der Waals surface area contributed by atoms with E-state index < -0.39 is 0 Å². The van der Waals surface area contributed by atoms with E-state index in [1.54, 1.807) is 31.0 Å². The zero-order chi connectivity index (χ0) is 14.7. The molecular formula is C14H19N3O3. The van der Waals surface area contributed by atoms with Gasteiger partial charge in [0.15, 0.2) is 0 Å². The fourth-order valence-corrected chi connectivity index (χ4v) is 2.11. The van der Waals surface area contributed by atoms with E-state index in [0.29, 0.717) is 18.8 Å². The molecular weight excluding hydrogens is 258 g/mol. The number of methoxy groups -OCH3 is 1. The largest absolute Gasteiger partial charge is 0.495 e. The lowest BCUT2D eigenvalue weighted by atomic mass is 10.2. The number of rotatable bonds is 4. The van der Waals surface area contributed by atoms with Gasteiger partial charge in [0, 0.05) is 27.2 Å². The average Bonchev–Trinajstić information content (AvgIpc) is 2.80. The fraction of sp³-hybridized carbons (Fsp3) is 0.429. The quantitative estimate of drug-likeness (QED) is 0.826. The number of carbonyl (C=O) groups is 2. The van der Waals surface area contributed by atoms with Gasteiger partial charge in [-0.25, -0.2) is 4.79 Å². The SMILES string of the molecule is COc1ccccc1N1CCN(CC(=O)N(C)C)C1=O. The zero-order valence-corrected chi connectivity index (χ0v) is 12.0. The molecule has 1 aromatic carbocycles. The van der Waals surface area contributed by atoms with Gasteiger partial charge >= 0.3 is 6.03 Å². The van der Waals surface area contributed by atoms with Gasteiger partial charge in [0.25, 0.3) is 0 Å². The van der Waals surface area contributed by atoms with E-state index in [1.807, 2.05) is 24.3 Å². The number of nitrogens with zero attached hydrogens (tertiary/aromatic N) is 3. The number of anilines is 1. The van der Waals surface area contributed by atoms with Crippen molar-refractivity contribution in [3.63, 3.8) is 0 Å². The Bertz CT molecular complexity index is 516. The van der Waals surface area contributed by atoms with Crippen LogP contribution in [-0.4, -0.2) is 62.6 Å². The van der Waals surface area contributed by atoms with Crippen molar-refractivity contribution in [2.24, 2.45) is 0 Å². The number of para-hydroxylation sites is 2. The first-order valence-electron chi connectivity index (χ1n) is 6.44. The maximum absolute atomic E-state index is 12.4. The molecule has 1 aliphatic heterocycles. The van der Waals surface area contributed by atoms with E-state index in [2.05, 4.69) is 0 Å². The van der Waals surface area contributed by atoms with E-state index in [0.717, 1.165) is 5.69 Å². The highest BCUT2D eigenvalue weighted by molar-refractivity contribution is 5.97. The van der Waals surface area contributed by atoms with Gasteiger partial charge in [-0.05, 0) is 12.1 Å². The summed E-state index contributed by atoms with van der Waals surface area (Å²) >= 11 is 0. The number of carbonyl (C=O) groups excluding carboxylic acids is 2. The molecule has 108 valence electrons. The summed E-state index contributed by atoms with van der Waals surface area (Å²) in [5.41, 5.74) is 0.736. The fourth-order valence-electron chi connectivity index (χ4n) is 2.11. The van der Waals surface area contributed by atoms with Crippen LogP contribution in [-0.2, 0) is 4.79 Å². The molecule has 0 aromatic heterocycles. The maximum Gasteiger partial charge on any atom is 0.325 e. The van der Waals surface area contributed by atoms with Gasteiger partial charge in [0.1, 0.15) is 12.3 Å². The second-order valence-corrected chi connectivity index (χ2v) is 4.82. The Morgan fingerprint density at radius 3 is 2.65 bits per heavy atom. The van der Waals surface area contributed by atoms with Gasteiger partial charge in [0.05, 0.1) is 12.8 Å². The Kier molecular flexibility index (Phi) is 4.12.